The molecule has 5 aromatic rings. The average Bonchev–Trinajstić information content (AvgIpc) is 3.87. The second-order valence-electron chi connectivity index (χ2n) is 11.6. The maximum Gasteiger partial charge on any atom is 0.244 e. The summed E-state index contributed by atoms with van der Waals surface area (Å²) in [6.45, 7) is 5.13. The van der Waals surface area contributed by atoms with Crippen LogP contribution in [0.3, 0.4) is 0 Å². The molecule has 1 saturated heterocycles. The van der Waals surface area contributed by atoms with E-state index < -0.39 is 6.04 Å². The third-order valence-corrected chi connectivity index (χ3v) is 8.32. The highest BCUT2D eigenvalue weighted by molar-refractivity contribution is 5.93. The Morgan fingerprint density at radius 2 is 1.87 bits per heavy atom. The minimum atomic E-state index is -0.713. The van der Waals surface area contributed by atoms with Crippen LogP contribution in [-0.2, 0) is 14.4 Å². The molecular weight excluding hydrogens is 594 g/mol. The predicted molar refractivity (Wildman–Crippen MR) is 177 cm³/mol. The number of aryl methyl sites for hydroxylation is 2. The summed E-state index contributed by atoms with van der Waals surface area (Å²) in [5.74, 6) is 0.313. The van der Waals surface area contributed by atoms with E-state index in [4.69, 9.17) is 4.98 Å². The van der Waals surface area contributed by atoms with Gasteiger partial charge in [-0.1, -0.05) is 54.1 Å². The Bertz CT molecular complexity index is 1880. The van der Waals surface area contributed by atoms with E-state index in [0.29, 0.717) is 36.7 Å². The minimum absolute atomic E-state index is 0.0377. The van der Waals surface area contributed by atoms with Gasteiger partial charge in [-0.15, -0.1) is 5.10 Å². The van der Waals surface area contributed by atoms with Gasteiger partial charge in [0.2, 0.25) is 18.2 Å². The molecule has 2 atom stereocenters. The van der Waals surface area contributed by atoms with Gasteiger partial charge in [0.1, 0.15) is 12.2 Å². The Labute approximate surface area is 271 Å². The third-order valence-electron chi connectivity index (χ3n) is 8.32. The summed E-state index contributed by atoms with van der Waals surface area (Å²) in [6, 6.07) is 22.6. The Morgan fingerprint density at radius 1 is 1.06 bits per heavy atom. The molecule has 1 aliphatic heterocycles. The molecule has 3 amide bonds. The number of hydrogen-bond acceptors (Lipinski definition) is 7. The lowest BCUT2D eigenvalue weighted by atomic mass is 9.99. The fraction of sp³-hybridized carbons (Fsp3) is 0.229. The van der Waals surface area contributed by atoms with Crippen molar-refractivity contribution in [3.63, 3.8) is 0 Å². The lowest BCUT2D eigenvalue weighted by Crippen LogP contribution is -2.35. The lowest BCUT2D eigenvalue weighted by Gasteiger charge is -2.21. The van der Waals surface area contributed by atoms with Gasteiger partial charge in [-0.05, 0) is 66.6 Å². The number of hydrogen-bond donors (Lipinski definition) is 3. The molecule has 3 aromatic carbocycles. The van der Waals surface area contributed by atoms with Crippen molar-refractivity contribution in [2.45, 2.75) is 38.6 Å². The van der Waals surface area contributed by atoms with E-state index in [9.17, 15) is 14.4 Å². The van der Waals surface area contributed by atoms with E-state index in [0.717, 1.165) is 34.5 Å². The smallest absolute Gasteiger partial charge is 0.244 e. The zero-order valence-corrected chi connectivity index (χ0v) is 26.1. The number of nitrogens with one attached hydrogen (secondary N) is 3. The largest absolute Gasteiger partial charge is 0.344 e. The molecule has 0 aliphatic carbocycles. The zero-order chi connectivity index (χ0) is 32.8. The Kier molecular flexibility index (Phi) is 9.28. The summed E-state index contributed by atoms with van der Waals surface area (Å²) in [6.07, 6.45) is 6.19. The lowest BCUT2D eigenvalue weighted by molar-refractivity contribution is -0.131. The van der Waals surface area contributed by atoms with Crippen LogP contribution in [0.1, 0.15) is 53.0 Å². The SMILES string of the molecule is Cc1ccc(-n2cnnn2)c(/C=C/C(=O)N[C@@H](CC(=O)N2CCC(c3ccccc3)C2)c2nc(-c3ccc(NC=O)cc3)c(C)[nH]2)c1. The molecule has 12 nitrogen and oxygen atoms in total. The summed E-state index contributed by atoms with van der Waals surface area (Å²) in [4.78, 5) is 48.0. The van der Waals surface area contributed by atoms with Gasteiger partial charge in [0.15, 0.2) is 0 Å². The maximum atomic E-state index is 13.7. The van der Waals surface area contributed by atoms with Gasteiger partial charge in [0.25, 0.3) is 0 Å². The first kappa shape index (κ1) is 31.1. The number of anilines is 1. The summed E-state index contributed by atoms with van der Waals surface area (Å²) in [7, 11) is 0. The molecular formula is C35H35N9O3. The highest BCUT2D eigenvalue weighted by atomic mass is 16.2. The number of nitrogens with zero attached hydrogens (tertiary/aromatic N) is 6. The minimum Gasteiger partial charge on any atom is -0.344 e. The number of amides is 3. The molecule has 1 unspecified atom stereocenters. The molecule has 238 valence electrons. The molecule has 6 rings (SSSR count). The Morgan fingerprint density at radius 3 is 2.62 bits per heavy atom. The molecule has 2 aromatic heterocycles. The summed E-state index contributed by atoms with van der Waals surface area (Å²) >= 11 is 0. The molecule has 3 heterocycles. The van der Waals surface area contributed by atoms with Crippen molar-refractivity contribution >= 4 is 30.0 Å². The van der Waals surface area contributed by atoms with Crippen LogP contribution in [0.25, 0.3) is 23.0 Å². The third kappa shape index (κ3) is 7.33. The van der Waals surface area contributed by atoms with Crippen LogP contribution in [0.5, 0.6) is 0 Å². The molecule has 0 radical (unpaired) electrons. The fourth-order valence-corrected chi connectivity index (χ4v) is 5.90. The first-order valence-corrected chi connectivity index (χ1v) is 15.4. The number of carbonyl (C=O) groups excluding carboxylic acids is 3. The van der Waals surface area contributed by atoms with Gasteiger partial charge in [-0.25, -0.2) is 4.98 Å². The number of aromatic amines is 1. The molecule has 0 bridgehead atoms. The van der Waals surface area contributed by atoms with Crippen LogP contribution < -0.4 is 10.6 Å². The Hall–Kier alpha value is -5.91. The van der Waals surface area contributed by atoms with E-state index in [1.54, 1.807) is 18.2 Å². The first-order chi connectivity index (χ1) is 22.9. The number of imidazole rings is 1. The number of aromatic nitrogens is 6. The molecule has 12 heteroatoms. The van der Waals surface area contributed by atoms with Gasteiger partial charge in [-0.2, -0.15) is 4.68 Å². The second-order valence-corrected chi connectivity index (χ2v) is 11.6. The van der Waals surface area contributed by atoms with Crippen molar-refractivity contribution < 1.29 is 14.4 Å². The summed E-state index contributed by atoms with van der Waals surface area (Å²) < 4.78 is 1.53. The summed E-state index contributed by atoms with van der Waals surface area (Å²) in [5, 5.41) is 17.1. The predicted octanol–water partition coefficient (Wildman–Crippen LogP) is 4.51. The monoisotopic (exact) mass is 629 g/mol. The van der Waals surface area contributed by atoms with Crippen LogP contribution in [0.15, 0.2) is 85.2 Å². The molecule has 0 spiro atoms. The second kappa shape index (κ2) is 14.0. The first-order valence-electron chi connectivity index (χ1n) is 15.4. The number of likely N-dealkylation sites (tertiary alicyclic amines) is 1. The summed E-state index contributed by atoms with van der Waals surface area (Å²) in [5.41, 5.74) is 6.68. The molecule has 0 saturated carbocycles. The molecule has 3 N–H and O–H groups in total. The van der Waals surface area contributed by atoms with Crippen LogP contribution in [-0.4, -0.2) is 66.4 Å². The zero-order valence-electron chi connectivity index (χ0n) is 26.1. The van der Waals surface area contributed by atoms with Crippen molar-refractivity contribution in [1.82, 2.24) is 40.4 Å². The van der Waals surface area contributed by atoms with Crippen molar-refractivity contribution in [3.05, 3.63) is 113 Å². The van der Waals surface area contributed by atoms with Crippen LogP contribution in [0.2, 0.25) is 0 Å². The van der Waals surface area contributed by atoms with Crippen molar-refractivity contribution in [2.75, 3.05) is 18.4 Å². The van der Waals surface area contributed by atoms with E-state index in [2.05, 4.69) is 43.3 Å². The molecule has 1 aliphatic rings. The van der Waals surface area contributed by atoms with Crippen LogP contribution >= 0.6 is 0 Å². The van der Waals surface area contributed by atoms with Gasteiger partial charge in [-0.3, -0.25) is 14.4 Å². The van der Waals surface area contributed by atoms with E-state index in [-0.39, 0.29) is 24.2 Å². The van der Waals surface area contributed by atoms with Gasteiger partial charge < -0.3 is 20.5 Å². The number of H-pyrrole nitrogens is 1. The number of rotatable bonds is 11. The van der Waals surface area contributed by atoms with Crippen molar-refractivity contribution in [1.29, 1.82) is 0 Å². The molecule has 1 fully saturated rings. The van der Waals surface area contributed by atoms with E-state index >= 15 is 0 Å². The highest BCUT2D eigenvalue weighted by Gasteiger charge is 2.30. The van der Waals surface area contributed by atoms with Gasteiger partial charge in [0, 0.05) is 47.6 Å². The number of tetrazole rings is 1. The normalized spacial score (nSPS) is 15.1. The standard InChI is InChI=1S/C35H35N9O3/c1-23-8-14-31(44-21-37-41-42-44)27(18-23)11-15-32(46)39-30(19-33(47)43-17-16-28(20-43)25-6-4-3-5-7-25)35-38-24(2)34(40-35)26-9-12-29(13-10-26)36-22-45/h3-15,18,21-22,28,30H,16-17,19-20H2,1-2H3,(H,36,45)(H,38,40)(H,39,46)/b15-11+/t28?,30-/m0/s1. The van der Waals surface area contributed by atoms with Gasteiger partial charge >= 0.3 is 0 Å². The number of carbonyl (C=O) groups is 3. The van der Waals surface area contributed by atoms with Gasteiger partial charge in [0.05, 0.1) is 23.8 Å². The average molecular weight is 630 g/mol. The van der Waals surface area contributed by atoms with E-state index in [1.165, 1.54) is 22.6 Å². The Balaban J connectivity index is 1.24. The maximum absolute atomic E-state index is 13.7. The van der Waals surface area contributed by atoms with Crippen LogP contribution in [0, 0.1) is 13.8 Å². The van der Waals surface area contributed by atoms with Crippen LogP contribution in [0.4, 0.5) is 5.69 Å². The fourth-order valence-electron chi connectivity index (χ4n) is 5.90. The van der Waals surface area contributed by atoms with E-state index in [1.807, 2.05) is 67.3 Å². The van der Waals surface area contributed by atoms with Crippen molar-refractivity contribution in [2.24, 2.45) is 0 Å². The molecule has 47 heavy (non-hydrogen) atoms. The van der Waals surface area contributed by atoms with Crippen molar-refractivity contribution in [3.8, 4) is 16.9 Å². The quantitative estimate of drug-likeness (QED) is 0.144. The number of benzene rings is 3. The topological polar surface area (TPSA) is 151 Å². The highest BCUT2D eigenvalue weighted by Crippen LogP contribution is 2.30.